The molecule has 0 aromatic carbocycles. The maximum Gasteiger partial charge on any atom is 0.211 e. The maximum absolute atomic E-state index is 11.8. The van der Waals surface area contributed by atoms with E-state index in [1.807, 2.05) is 7.05 Å². The van der Waals surface area contributed by atoms with Gasteiger partial charge in [0.25, 0.3) is 0 Å². The van der Waals surface area contributed by atoms with Crippen LogP contribution in [0, 0.1) is 0 Å². The molecule has 0 radical (unpaired) electrons. The minimum Gasteiger partial charge on any atom is -0.354 e. The first-order valence-corrected chi connectivity index (χ1v) is 9.03. The van der Waals surface area contributed by atoms with Crippen molar-refractivity contribution < 1.29 is 8.42 Å². The van der Waals surface area contributed by atoms with E-state index in [2.05, 4.69) is 24.7 Å². The van der Waals surface area contributed by atoms with Crippen molar-refractivity contribution in [3.8, 4) is 0 Å². The summed E-state index contributed by atoms with van der Waals surface area (Å²) in [7, 11) is -1.35. The van der Waals surface area contributed by atoms with Gasteiger partial charge in [0, 0.05) is 26.2 Å². The van der Waals surface area contributed by atoms with Gasteiger partial charge in [-0.25, -0.2) is 23.1 Å². The van der Waals surface area contributed by atoms with Crippen LogP contribution in [0.2, 0.25) is 0 Å². The van der Waals surface area contributed by atoms with Gasteiger partial charge in [-0.3, -0.25) is 4.68 Å². The fraction of sp³-hybridized carbons (Fsp3) is 0.615. The van der Waals surface area contributed by atoms with E-state index >= 15 is 0 Å². The fourth-order valence-electron chi connectivity index (χ4n) is 2.80. The van der Waals surface area contributed by atoms with Crippen molar-refractivity contribution in [1.82, 2.24) is 24.5 Å². The third-order valence-electron chi connectivity index (χ3n) is 3.96. The molecule has 22 heavy (non-hydrogen) atoms. The Kier molecular flexibility index (Phi) is 4.00. The number of anilines is 1. The lowest BCUT2D eigenvalue weighted by Gasteiger charge is -2.33. The van der Waals surface area contributed by atoms with Gasteiger partial charge < -0.3 is 4.90 Å². The Morgan fingerprint density at radius 3 is 3.00 bits per heavy atom. The molecule has 0 amide bonds. The number of nitrogens with zero attached hydrogens (tertiary/aromatic N) is 5. The van der Waals surface area contributed by atoms with E-state index in [0.29, 0.717) is 6.54 Å². The molecule has 1 unspecified atom stereocenters. The Bertz CT molecular complexity index is 772. The first kappa shape index (κ1) is 15.2. The average molecular weight is 324 g/mol. The third-order valence-corrected chi connectivity index (χ3v) is 5.41. The lowest BCUT2D eigenvalue weighted by atomic mass is 10.1. The van der Waals surface area contributed by atoms with Crippen LogP contribution in [0.1, 0.15) is 19.8 Å². The van der Waals surface area contributed by atoms with Crippen molar-refractivity contribution >= 4 is 26.9 Å². The Morgan fingerprint density at radius 1 is 1.41 bits per heavy atom. The summed E-state index contributed by atoms with van der Waals surface area (Å²) >= 11 is 0. The highest BCUT2D eigenvalue weighted by atomic mass is 32.2. The summed E-state index contributed by atoms with van der Waals surface area (Å²) in [5, 5.41) is 5.11. The largest absolute Gasteiger partial charge is 0.354 e. The summed E-state index contributed by atoms with van der Waals surface area (Å²) in [6, 6.07) is -0.0830. The van der Waals surface area contributed by atoms with E-state index in [-0.39, 0.29) is 11.8 Å². The summed E-state index contributed by atoms with van der Waals surface area (Å²) in [5.41, 5.74) is 0.779. The number of fused-ring (bicyclic) bond motifs is 1. The van der Waals surface area contributed by atoms with Crippen LogP contribution >= 0.6 is 0 Å². The molecule has 1 atom stereocenters. The maximum atomic E-state index is 11.8. The van der Waals surface area contributed by atoms with Crippen LogP contribution in [0.4, 0.5) is 5.82 Å². The van der Waals surface area contributed by atoms with Gasteiger partial charge in [-0.1, -0.05) is 0 Å². The second-order valence-electron chi connectivity index (χ2n) is 5.51. The van der Waals surface area contributed by atoms with Crippen LogP contribution in [0.25, 0.3) is 11.0 Å². The van der Waals surface area contributed by atoms with Crippen LogP contribution in [-0.4, -0.2) is 53.1 Å². The number of sulfonamides is 1. The summed E-state index contributed by atoms with van der Waals surface area (Å²) in [6.45, 7) is 3.11. The first-order valence-electron chi connectivity index (χ1n) is 7.38. The zero-order valence-electron chi connectivity index (χ0n) is 12.7. The van der Waals surface area contributed by atoms with Gasteiger partial charge in [-0.15, -0.1) is 0 Å². The zero-order valence-corrected chi connectivity index (χ0v) is 13.5. The molecule has 1 aliphatic heterocycles. The van der Waals surface area contributed by atoms with E-state index in [9.17, 15) is 8.42 Å². The zero-order chi connectivity index (χ0) is 15.7. The molecule has 2 aromatic rings. The van der Waals surface area contributed by atoms with Crippen LogP contribution in [-0.2, 0) is 17.1 Å². The van der Waals surface area contributed by atoms with Crippen molar-refractivity contribution in [1.29, 1.82) is 0 Å². The third kappa shape index (κ3) is 2.91. The van der Waals surface area contributed by atoms with Crippen LogP contribution < -0.4 is 9.62 Å². The Morgan fingerprint density at radius 2 is 2.23 bits per heavy atom. The molecule has 3 heterocycles. The number of rotatable bonds is 4. The van der Waals surface area contributed by atoms with Crippen LogP contribution in [0.15, 0.2) is 12.5 Å². The fourth-order valence-corrected chi connectivity index (χ4v) is 3.67. The van der Waals surface area contributed by atoms with Gasteiger partial charge in [-0.2, -0.15) is 5.10 Å². The molecule has 1 fully saturated rings. The van der Waals surface area contributed by atoms with E-state index < -0.39 is 10.0 Å². The quantitative estimate of drug-likeness (QED) is 0.868. The summed E-state index contributed by atoms with van der Waals surface area (Å²) in [6.07, 6.45) is 5.04. The van der Waals surface area contributed by atoms with Crippen molar-refractivity contribution in [3.63, 3.8) is 0 Å². The molecular formula is C13H20N6O2S. The van der Waals surface area contributed by atoms with Gasteiger partial charge in [0.15, 0.2) is 5.65 Å². The van der Waals surface area contributed by atoms with Crippen LogP contribution in [0.3, 0.4) is 0 Å². The highest BCUT2D eigenvalue weighted by Gasteiger charge is 2.25. The van der Waals surface area contributed by atoms with Crippen molar-refractivity contribution in [2.75, 3.05) is 23.7 Å². The smallest absolute Gasteiger partial charge is 0.211 e. The van der Waals surface area contributed by atoms with Gasteiger partial charge in [0.2, 0.25) is 10.0 Å². The van der Waals surface area contributed by atoms with Gasteiger partial charge in [0.05, 0.1) is 17.3 Å². The van der Waals surface area contributed by atoms with Crippen molar-refractivity contribution in [2.45, 2.75) is 25.8 Å². The number of aryl methyl sites for hydroxylation is 1. The Hall–Kier alpha value is -1.74. The normalized spacial score (nSPS) is 19.7. The van der Waals surface area contributed by atoms with Crippen LogP contribution in [0.5, 0.6) is 0 Å². The summed E-state index contributed by atoms with van der Waals surface area (Å²) in [5.74, 6) is 0.919. The van der Waals surface area contributed by atoms with Gasteiger partial charge >= 0.3 is 0 Å². The molecule has 8 nitrogen and oxygen atoms in total. The summed E-state index contributed by atoms with van der Waals surface area (Å²) < 4.78 is 28.0. The molecule has 0 saturated carbocycles. The lowest BCUT2D eigenvalue weighted by Crippen LogP contribution is -2.48. The second kappa shape index (κ2) is 5.81. The molecule has 9 heteroatoms. The molecule has 1 aliphatic rings. The molecular weight excluding hydrogens is 304 g/mol. The average Bonchev–Trinajstić information content (AvgIpc) is 2.89. The lowest BCUT2D eigenvalue weighted by molar-refractivity contribution is 0.465. The second-order valence-corrected chi connectivity index (χ2v) is 7.55. The molecule has 0 bridgehead atoms. The SMILES string of the molecule is CCS(=O)(=O)NC1CCCN(c2ncnc3c2cnn3C)C1. The highest BCUT2D eigenvalue weighted by molar-refractivity contribution is 7.89. The van der Waals surface area contributed by atoms with E-state index in [4.69, 9.17) is 0 Å². The van der Waals surface area contributed by atoms with Crippen molar-refractivity contribution in [2.24, 2.45) is 7.05 Å². The molecule has 1 saturated heterocycles. The predicted molar refractivity (Wildman–Crippen MR) is 84.1 cm³/mol. The minimum atomic E-state index is -3.19. The highest BCUT2D eigenvalue weighted by Crippen LogP contribution is 2.25. The van der Waals surface area contributed by atoms with E-state index in [1.165, 1.54) is 6.33 Å². The molecule has 0 aliphatic carbocycles. The predicted octanol–water partition coefficient (Wildman–Crippen LogP) is 0.271. The molecule has 0 spiro atoms. The Labute approximate surface area is 129 Å². The monoisotopic (exact) mass is 324 g/mol. The number of piperidine rings is 1. The van der Waals surface area contributed by atoms with E-state index in [1.54, 1.807) is 17.8 Å². The minimum absolute atomic E-state index is 0.0830. The Balaban J connectivity index is 1.85. The molecule has 2 aromatic heterocycles. The molecule has 3 rings (SSSR count). The standard InChI is InChI=1S/C13H20N6O2S/c1-3-22(20,21)17-10-5-4-6-19(8-10)13-11-7-16-18(2)12(11)14-9-15-13/h7,9-10,17H,3-6,8H2,1-2H3. The molecule has 1 N–H and O–H groups in total. The topological polar surface area (TPSA) is 93.0 Å². The first-order chi connectivity index (χ1) is 10.5. The van der Waals surface area contributed by atoms with Crippen molar-refractivity contribution in [3.05, 3.63) is 12.5 Å². The number of hydrogen-bond acceptors (Lipinski definition) is 6. The van der Waals surface area contributed by atoms with Gasteiger partial charge in [-0.05, 0) is 19.8 Å². The van der Waals surface area contributed by atoms with E-state index in [0.717, 1.165) is 36.2 Å². The molecule has 120 valence electrons. The number of nitrogens with one attached hydrogen (secondary N) is 1. The number of hydrogen-bond donors (Lipinski definition) is 1. The number of aromatic nitrogens is 4. The van der Waals surface area contributed by atoms with Gasteiger partial charge in [0.1, 0.15) is 12.1 Å². The summed E-state index contributed by atoms with van der Waals surface area (Å²) in [4.78, 5) is 10.7.